The summed E-state index contributed by atoms with van der Waals surface area (Å²) in [6.45, 7) is 3.92. The highest BCUT2D eigenvalue weighted by atomic mass is 14.8. The fourth-order valence-electron chi connectivity index (χ4n) is 3.76. The summed E-state index contributed by atoms with van der Waals surface area (Å²) in [7, 11) is 0. The second-order valence-electron chi connectivity index (χ2n) is 6.17. The molecule has 0 bridgehead atoms. The van der Waals surface area contributed by atoms with Crippen LogP contribution in [0.25, 0.3) is 0 Å². The van der Waals surface area contributed by atoms with Crippen LogP contribution in [-0.2, 0) is 5.41 Å². The Morgan fingerprint density at radius 1 is 0.826 bits per heavy atom. The number of rotatable bonds is 2. The van der Waals surface area contributed by atoms with Gasteiger partial charge in [-0.05, 0) is 25.0 Å². The Kier molecular flexibility index (Phi) is 3.21. The van der Waals surface area contributed by atoms with Crippen molar-refractivity contribution < 1.29 is 0 Å². The van der Waals surface area contributed by atoms with E-state index in [-0.39, 0.29) is 0 Å². The Bertz CT molecular complexity index is 859. The van der Waals surface area contributed by atoms with Gasteiger partial charge in [0.15, 0.2) is 5.41 Å². The van der Waals surface area contributed by atoms with Gasteiger partial charge in [0, 0.05) is 5.92 Å². The first-order valence-electron chi connectivity index (χ1n) is 7.43. The van der Waals surface area contributed by atoms with Crippen molar-refractivity contribution in [1.82, 2.24) is 0 Å². The van der Waals surface area contributed by atoms with E-state index >= 15 is 0 Å². The molecule has 0 N–H and O–H groups in total. The van der Waals surface area contributed by atoms with Crippen molar-refractivity contribution in [3.63, 3.8) is 0 Å². The lowest BCUT2D eigenvalue weighted by Crippen LogP contribution is -2.15. The molecule has 0 aliphatic heterocycles. The van der Waals surface area contributed by atoms with Crippen LogP contribution < -0.4 is 0 Å². The van der Waals surface area contributed by atoms with E-state index in [0.29, 0.717) is 0 Å². The summed E-state index contributed by atoms with van der Waals surface area (Å²) in [6.07, 6.45) is 0. The van der Waals surface area contributed by atoms with Crippen LogP contribution in [0, 0.1) is 53.3 Å². The third kappa shape index (κ3) is 1.79. The zero-order valence-electron chi connectivity index (χ0n) is 13.0. The van der Waals surface area contributed by atoms with Crippen molar-refractivity contribution >= 4 is 0 Å². The lowest BCUT2D eigenvalue weighted by molar-refractivity contribution is 0.741. The van der Waals surface area contributed by atoms with Gasteiger partial charge in [0.2, 0.25) is 0 Å². The molecular weight excluding hydrogens is 282 g/mol. The largest absolute Gasteiger partial charge is 0.197 e. The molecule has 3 rings (SSSR count). The maximum atomic E-state index is 9.97. The Hall–Kier alpha value is -3.09. The lowest BCUT2D eigenvalue weighted by atomic mass is 9.86. The molecule has 3 heteroatoms. The van der Waals surface area contributed by atoms with Crippen LogP contribution in [0.1, 0.15) is 28.2 Å². The van der Waals surface area contributed by atoms with E-state index in [4.69, 9.17) is 0 Å². The molecule has 110 valence electrons. The standard InChI is InChI=1S/C20H15N3/c1-14-8-15(2)10-17(9-14)20(13-23)18(19(20,11-21)12-22)16-6-4-3-5-7-16/h3-10,18H,1-2H3/t18-,20-/m1/s1. The van der Waals surface area contributed by atoms with Gasteiger partial charge in [-0.3, -0.25) is 0 Å². The lowest BCUT2D eigenvalue weighted by Gasteiger charge is -2.12. The van der Waals surface area contributed by atoms with Crippen LogP contribution in [0.3, 0.4) is 0 Å². The number of nitriles is 3. The molecule has 0 saturated heterocycles. The van der Waals surface area contributed by atoms with Crippen molar-refractivity contribution in [1.29, 1.82) is 15.8 Å². The van der Waals surface area contributed by atoms with E-state index < -0.39 is 16.7 Å². The molecule has 0 aromatic heterocycles. The van der Waals surface area contributed by atoms with Gasteiger partial charge >= 0.3 is 0 Å². The quantitative estimate of drug-likeness (QED) is 0.844. The molecule has 2 atom stereocenters. The van der Waals surface area contributed by atoms with E-state index in [1.165, 1.54) is 0 Å². The van der Waals surface area contributed by atoms with Crippen LogP contribution in [0.2, 0.25) is 0 Å². The maximum Gasteiger partial charge on any atom is 0.175 e. The van der Waals surface area contributed by atoms with Gasteiger partial charge < -0.3 is 0 Å². The summed E-state index contributed by atoms with van der Waals surface area (Å²) in [6, 6.07) is 21.9. The van der Waals surface area contributed by atoms with E-state index in [0.717, 1.165) is 22.3 Å². The second-order valence-corrected chi connectivity index (χ2v) is 6.17. The van der Waals surface area contributed by atoms with Crippen LogP contribution in [0.15, 0.2) is 48.5 Å². The number of hydrogen-bond donors (Lipinski definition) is 0. The van der Waals surface area contributed by atoms with Gasteiger partial charge in [-0.25, -0.2) is 0 Å². The van der Waals surface area contributed by atoms with Crippen LogP contribution in [0.4, 0.5) is 0 Å². The normalized spacial score (nSPS) is 24.0. The highest BCUT2D eigenvalue weighted by Crippen LogP contribution is 2.74. The summed E-state index contributed by atoms with van der Waals surface area (Å²) in [4.78, 5) is 0. The van der Waals surface area contributed by atoms with Crippen molar-refractivity contribution in [2.24, 2.45) is 5.41 Å². The average Bonchev–Trinajstić information content (AvgIpc) is 3.18. The minimum Gasteiger partial charge on any atom is -0.197 e. The molecule has 1 aliphatic carbocycles. The van der Waals surface area contributed by atoms with E-state index in [2.05, 4.69) is 18.2 Å². The van der Waals surface area contributed by atoms with Crippen LogP contribution in [0.5, 0.6) is 0 Å². The molecule has 0 unspecified atom stereocenters. The summed E-state index contributed by atoms with van der Waals surface area (Å²) in [5.41, 5.74) is 1.21. The van der Waals surface area contributed by atoms with Crippen LogP contribution >= 0.6 is 0 Å². The summed E-state index contributed by atoms with van der Waals surface area (Å²) in [5.74, 6) is -0.433. The summed E-state index contributed by atoms with van der Waals surface area (Å²) >= 11 is 0. The Labute approximate surface area is 136 Å². The molecule has 0 spiro atoms. The first kappa shape index (κ1) is 14.8. The molecule has 0 amide bonds. The number of nitrogens with zero attached hydrogens (tertiary/aromatic N) is 3. The number of aryl methyl sites for hydroxylation is 2. The van der Waals surface area contributed by atoms with Crippen molar-refractivity contribution in [2.75, 3.05) is 0 Å². The van der Waals surface area contributed by atoms with E-state index in [1.54, 1.807) is 0 Å². The molecular formula is C20H15N3. The number of benzene rings is 2. The molecule has 2 aromatic carbocycles. The predicted molar refractivity (Wildman–Crippen MR) is 86.0 cm³/mol. The smallest absolute Gasteiger partial charge is 0.175 e. The van der Waals surface area contributed by atoms with Crippen molar-refractivity contribution in [3.8, 4) is 18.2 Å². The molecule has 0 heterocycles. The minimum atomic E-state index is -1.34. The van der Waals surface area contributed by atoms with Gasteiger partial charge in [-0.1, -0.05) is 59.7 Å². The SMILES string of the molecule is Cc1cc(C)cc([C@]2(C#N)[C@H](c3ccccc3)C2(C#N)C#N)c1. The van der Waals surface area contributed by atoms with E-state index in [9.17, 15) is 15.8 Å². The molecule has 2 aromatic rings. The van der Waals surface area contributed by atoms with Crippen LogP contribution in [-0.4, -0.2) is 0 Å². The first-order chi connectivity index (χ1) is 11.1. The van der Waals surface area contributed by atoms with E-state index in [1.807, 2.05) is 62.4 Å². The zero-order chi connectivity index (χ0) is 16.7. The Balaban J connectivity index is 2.27. The summed E-state index contributed by atoms with van der Waals surface area (Å²) in [5, 5.41) is 29.4. The fourth-order valence-corrected chi connectivity index (χ4v) is 3.76. The topological polar surface area (TPSA) is 71.4 Å². The van der Waals surface area contributed by atoms with Gasteiger partial charge in [-0.15, -0.1) is 0 Å². The van der Waals surface area contributed by atoms with Crippen molar-refractivity contribution in [3.05, 3.63) is 70.8 Å². The van der Waals surface area contributed by atoms with Gasteiger partial charge in [0.1, 0.15) is 5.41 Å². The molecule has 0 radical (unpaired) electrons. The third-order valence-electron chi connectivity index (χ3n) is 4.74. The van der Waals surface area contributed by atoms with Gasteiger partial charge in [-0.2, -0.15) is 15.8 Å². The predicted octanol–water partition coefficient (Wildman–Crippen LogP) is 3.90. The number of hydrogen-bond acceptors (Lipinski definition) is 3. The molecule has 3 nitrogen and oxygen atoms in total. The third-order valence-corrected chi connectivity index (χ3v) is 4.74. The molecule has 1 fully saturated rings. The Morgan fingerprint density at radius 3 is 1.87 bits per heavy atom. The Morgan fingerprint density at radius 2 is 1.39 bits per heavy atom. The molecule has 23 heavy (non-hydrogen) atoms. The minimum absolute atomic E-state index is 0.433. The highest BCUT2D eigenvalue weighted by molar-refractivity contribution is 5.64. The molecule has 1 saturated carbocycles. The fraction of sp³-hybridized carbons (Fsp3) is 0.250. The zero-order valence-corrected chi connectivity index (χ0v) is 13.0. The first-order valence-corrected chi connectivity index (χ1v) is 7.43. The average molecular weight is 297 g/mol. The summed E-state index contributed by atoms with van der Waals surface area (Å²) < 4.78 is 0. The van der Waals surface area contributed by atoms with Crippen molar-refractivity contribution in [2.45, 2.75) is 25.2 Å². The second kappa shape index (κ2) is 4.98. The van der Waals surface area contributed by atoms with Gasteiger partial charge in [0.05, 0.1) is 18.2 Å². The monoisotopic (exact) mass is 297 g/mol. The molecule has 1 aliphatic rings. The maximum absolute atomic E-state index is 9.97. The highest BCUT2D eigenvalue weighted by Gasteiger charge is 2.81. The van der Waals surface area contributed by atoms with Gasteiger partial charge in [0.25, 0.3) is 0 Å².